The van der Waals surface area contributed by atoms with E-state index in [1.165, 1.54) is 5.57 Å². The number of nitrogens with zero attached hydrogens (tertiary/aromatic N) is 1. The van der Waals surface area contributed by atoms with E-state index in [9.17, 15) is 0 Å². The van der Waals surface area contributed by atoms with Crippen LogP contribution < -0.4 is 25.8 Å². The monoisotopic (exact) mass is 354 g/mol. The minimum Gasteiger partial charge on any atom is -0.453 e. The van der Waals surface area contributed by atoms with Crippen LogP contribution in [0.3, 0.4) is 0 Å². The number of nitrogens with one attached hydrogen (secondary N) is 2. The normalized spacial score (nSPS) is 25.1. The Labute approximate surface area is 154 Å². The third kappa shape index (κ3) is 3.61. The van der Waals surface area contributed by atoms with Crippen molar-refractivity contribution in [2.75, 3.05) is 25.2 Å². The molecule has 138 valence electrons. The molecule has 0 spiro atoms. The second-order valence-electron chi connectivity index (χ2n) is 7.45. The van der Waals surface area contributed by atoms with Crippen molar-refractivity contribution in [2.24, 2.45) is 10.7 Å². The Morgan fingerprint density at radius 2 is 2.19 bits per heavy atom. The van der Waals surface area contributed by atoms with Crippen molar-refractivity contribution in [1.29, 1.82) is 0 Å². The van der Waals surface area contributed by atoms with Gasteiger partial charge in [-0.1, -0.05) is 6.08 Å². The molecule has 6 nitrogen and oxygen atoms in total. The zero-order valence-electron chi connectivity index (χ0n) is 15.4. The summed E-state index contributed by atoms with van der Waals surface area (Å²) in [7, 11) is 0. The Bertz CT molecular complexity index is 808. The van der Waals surface area contributed by atoms with Gasteiger partial charge in [-0.05, 0) is 50.9 Å². The van der Waals surface area contributed by atoms with Crippen LogP contribution in [0.4, 0.5) is 5.69 Å². The number of fused-ring (bicyclic) bond motifs is 1. The SMILES string of the molecule is CC1=CC(C)(N)CC(Nc2cc3c(c(C4=CCNCCC4)c2)OCO3)=N1. The minimum absolute atomic E-state index is 0.265. The Hall–Kier alpha value is -2.31. The quantitative estimate of drug-likeness (QED) is 0.761. The van der Waals surface area contributed by atoms with Gasteiger partial charge in [0.1, 0.15) is 5.84 Å². The van der Waals surface area contributed by atoms with Crippen molar-refractivity contribution in [3.63, 3.8) is 0 Å². The van der Waals surface area contributed by atoms with Crippen LogP contribution in [-0.4, -0.2) is 31.3 Å². The summed E-state index contributed by atoms with van der Waals surface area (Å²) in [5.41, 5.74) is 10.2. The highest BCUT2D eigenvalue weighted by molar-refractivity contribution is 5.98. The molecule has 26 heavy (non-hydrogen) atoms. The first-order valence-electron chi connectivity index (χ1n) is 9.17. The Balaban J connectivity index is 1.67. The lowest BCUT2D eigenvalue weighted by atomic mass is 9.94. The molecule has 3 heterocycles. The molecule has 3 aliphatic heterocycles. The summed E-state index contributed by atoms with van der Waals surface area (Å²) in [4.78, 5) is 4.61. The Morgan fingerprint density at radius 3 is 3.04 bits per heavy atom. The number of hydrogen-bond donors (Lipinski definition) is 3. The smallest absolute Gasteiger partial charge is 0.231 e. The lowest BCUT2D eigenvalue weighted by Crippen LogP contribution is -2.40. The molecule has 0 amide bonds. The zero-order chi connectivity index (χ0) is 18.1. The Morgan fingerprint density at radius 1 is 1.31 bits per heavy atom. The maximum Gasteiger partial charge on any atom is 0.231 e. The molecule has 1 aromatic carbocycles. The molecule has 0 aliphatic carbocycles. The van der Waals surface area contributed by atoms with Gasteiger partial charge in [-0.15, -0.1) is 0 Å². The minimum atomic E-state index is -0.386. The lowest BCUT2D eigenvalue weighted by Gasteiger charge is -2.26. The molecule has 6 heteroatoms. The maximum absolute atomic E-state index is 6.31. The Kier molecular flexibility index (Phi) is 4.46. The third-order valence-corrected chi connectivity index (χ3v) is 4.80. The van der Waals surface area contributed by atoms with E-state index in [2.05, 4.69) is 27.8 Å². The van der Waals surface area contributed by atoms with Crippen LogP contribution in [0, 0.1) is 0 Å². The molecule has 4 N–H and O–H groups in total. The average Bonchev–Trinajstić information content (AvgIpc) is 2.86. The summed E-state index contributed by atoms with van der Waals surface area (Å²) in [6, 6.07) is 4.11. The third-order valence-electron chi connectivity index (χ3n) is 4.80. The molecule has 0 saturated heterocycles. The first kappa shape index (κ1) is 17.1. The number of ether oxygens (including phenoxy) is 2. The second kappa shape index (κ2) is 6.78. The molecule has 1 unspecified atom stereocenters. The van der Waals surface area contributed by atoms with E-state index in [1.54, 1.807) is 0 Å². The van der Waals surface area contributed by atoms with Crippen molar-refractivity contribution in [2.45, 2.75) is 38.6 Å². The fourth-order valence-electron chi connectivity index (χ4n) is 3.78. The molecule has 4 rings (SSSR count). The van der Waals surface area contributed by atoms with E-state index in [4.69, 9.17) is 15.2 Å². The average molecular weight is 354 g/mol. The molecule has 1 atom stereocenters. The van der Waals surface area contributed by atoms with Crippen LogP contribution in [0.5, 0.6) is 11.5 Å². The molecule has 0 fully saturated rings. The zero-order valence-corrected chi connectivity index (χ0v) is 15.4. The van der Waals surface area contributed by atoms with Crippen molar-refractivity contribution in [3.05, 3.63) is 35.5 Å². The second-order valence-corrected chi connectivity index (χ2v) is 7.45. The number of anilines is 1. The molecule has 0 saturated carbocycles. The molecule has 3 aliphatic rings. The van der Waals surface area contributed by atoms with Gasteiger partial charge in [0.05, 0.1) is 0 Å². The number of amidine groups is 1. The van der Waals surface area contributed by atoms with Gasteiger partial charge in [0.2, 0.25) is 6.79 Å². The molecule has 0 bridgehead atoms. The van der Waals surface area contributed by atoms with E-state index >= 15 is 0 Å². The van der Waals surface area contributed by atoms with E-state index in [-0.39, 0.29) is 12.3 Å². The maximum atomic E-state index is 6.31. The highest BCUT2D eigenvalue weighted by atomic mass is 16.7. The van der Waals surface area contributed by atoms with Crippen molar-refractivity contribution in [3.8, 4) is 11.5 Å². The fraction of sp³-hybridized carbons (Fsp3) is 0.450. The predicted octanol–water partition coefficient (Wildman–Crippen LogP) is 3.02. The highest BCUT2D eigenvalue weighted by Crippen LogP contribution is 2.43. The van der Waals surface area contributed by atoms with Crippen molar-refractivity contribution >= 4 is 17.1 Å². The first-order valence-corrected chi connectivity index (χ1v) is 9.17. The molecular weight excluding hydrogens is 328 g/mol. The largest absolute Gasteiger partial charge is 0.453 e. The number of benzene rings is 1. The van der Waals surface area contributed by atoms with Gasteiger partial charge in [0.15, 0.2) is 11.5 Å². The summed E-state index contributed by atoms with van der Waals surface area (Å²) >= 11 is 0. The number of allylic oxidation sites excluding steroid dienone is 2. The van der Waals surface area contributed by atoms with Crippen LogP contribution in [-0.2, 0) is 0 Å². The molecule has 1 aromatic rings. The van der Waals surface area contributed by atoms with Crippen LogP contribution in [0.1, 0.15) is 38.7 Å². The van der Waals surface area contributed by atoms with E-state index < -0.39 is 0 Å². The van der Waals surface area contributed by atoms with Gasteiger partial charge in [0.25, 0.3) is 0 Å². The summed E-state index contributed by atoms with van der Waals surface area (Å²) in [5.74, 6) is 2.49. The lowest BCUT2D eigenvalue weighted by molar-refractivity contribution is 0.173. The highest BCUT2D eigenvalue weighted by Gasteiger charge is 2.25. The van der Waals surface area contributed by atoms with E-state index in [0.29, 0.717) is 6.42 Å². The van der Waals surface area contributed by atoms with Crippen LogP contribution in [0.2, 0.25) is 0 Å². The van der Waals surface area contributed by atoms with Crippen LogP contribution >= 0.6 is 0 Å². The number of aliphatic imine (C=N–C) groups is 1. The van der Waals surface area contributed by atoms with Gasteiger partial charge >= 0.3 is 0 Å². The number of nitrogens with two attached hydrogens (primary N) is 1. The summed E-state index contributed by atoms with van der Waals surface area (Å²) < 4.78 is 11.4. The predicted molar refractivity (Wildman–Crippen MR) is 105 cm³/mol. The summed E-state index contributed by atoms with van der Waals surface area (Å²) in [6.45, 7) is 6.17. The topological polar surface area (TPSA) is 80.9 Å². The van der Waals surface area contributed by atoms with Crippen molar-refractivity contribution < 1.29 is 9.47 Å². The number of rotatable bonds is 2. The summed E-state index contributed by atoms with van der Waals surface area (Å²) in [6.07, 6.45) is 7.06. The van der Waals surface area contributed by atoms with Gasteiger partial charge in [0, 0.05) is 41.5 Å². The number of hydrogen-bond acceptors (Lipinski definition) is 6. The van der Waals surface area contributed by atoms with Gasteiger partial charge < -0.3 is 25.8 Å². The molecule has 0 aromatic heterocycles. The first-order chi connectivity index (χ1) is 12.5. The van der Waals surface area contributed by atoms with Crippen LogP contribution in [0.25, 0.3) is 5.57 Å². The van der Waals surface area contributed by atoms with Gasteiger partial charge in [-0.25, -0.2) is 4.99 Å². The van der Waals surface area contributed by atoms with Gasteiger partial charge in [-0.3, -0.25) is 0 Å². The molecule has 0 radical (unpaired) electrons. The summed E-state index contributed by atoms with van der Waals surface area (Å²) in [5, 5.41) is 6.85. The molecular formula is C20H26N4O2. The van der Waals surface area contributed by atoms with Crippen molar-refractivity contribution in [1.82, 2.24) is 5.32 Å². The van der Waals surface area contributed by atoms with Crippen LogP contribution in [0.15, 0.2) is 35.0 Å². The van der Waals surface area contributed by atoms with E-state index in [0.717, 1.165) is 60.2 Å². The standard InChI is InChI=1S/C20H26N4O2/c1-13-10-20(2,21)11-18(23-13)24-15-8-16(14-4-3-6-22-7-5-14)19-17(9-15)25-12-26-19/h5,8-10,22H,3-4,6-7,11-12,21H2,1-2H3,(H,23,24). The van der Waals surface area contributed by atoms with E-state index in [1.807, 2.05) is 26.0 Å². The fourth-order valence-corrected chi connectivity index (χ4v) is 3.78. The van der Waals surface area contributed by atoms with Gasteiger partial charge in [-0.2, -0.15) is 0 Å².